The van der Waals surface area contributed by atoms with E-state index in [0.29, 0.717) is 0 Å². The second kappa shape index (κ2) is 6.06. The quantitative estimate of drug-likeness (QED) is 0.690. The summed E-state index contributed by atoms with van der Waals surface area (Å²) in [5.41, 5.74) is 1.36. The van der Waals surface area contributed by atoms with Crippen LogP contribution in [0.15, 0.2) is 30.3 Å². The van der Waals surface area contributed by atoms with Crippen molar-refractivity contribution in [3.63, 3.8) is 0 Å². The smallest absolute Gasteiger partial charge is 0.0352 e. The number of hydrogen-bond acceptors (Lipinski definition) is 3. The summed E-state index contributed by atoms with van der Waals surface area (Å²) in [7, 11) is 4.14. The Labute approximate surface area is 91.2 Å². The van der Waals surface area contributed by atoms with Gasteiger partial charge in [0.25, 0.3) is 0 Å². The van der Waals surface area contributed by atoms with Crippen molar-refractivity contribution in [2.45, 2.75) is 13.5 Å². The van der Waals surface area contributed by atoms with E-state index in [0.717, 1.165) is 13.1 Å². The van der Waals surface area contributed by atoms with Crippen LogP contribution in [0.2, 0.25) is 0 Å². The van der Waals surface area contributed by atoms with Gasteiger partial charge in [-0.15, -0.1) is 0 Å². The van der Waals surface area contributed by atoms with Gasteiger partial charge in [-0.05, 0) is 19.7 Å². The third kappa shape index (κ3) is 4.13. The van der Waals surface area contributed by atoms with Crippen LogP contribution in [0, 0.1) is 0 Å². The summed E-state index contributed by atoms with van der Waals surface area (Å²) in [6.45, 7) is 4.23. The van der Waals surface area contributed by atoms with Crippen molar-refractivity contribution < 1.29 is 0 Å². The van der Waals surface area contributed by atoms with Crippen molar-refractivity contribution >= 4 is 12.1 Å². The van der Waals surface area contributed by atoms with Crippen LogP contribution in [-0.2, 0) is 6.54 Å². The van der Waals surface area contributed by atoms with Gasteiger partial charge in [0.15, 0.2) is 0 Å². The molecule has 0 unspecified atom stereocenters. The van der Waals surface area contributed by atoms with E-state index in [9.17, 15) is 0 Å². The number of hydrogen-bond donors (Lipinski definition) is 0. The zero-order valence-corrected chi connectivity index (χ0v) is 9.92. The molecule has 0 spiro atoms. The van der Waals surface area contributed by atoms with Gasteiger partial charge in [0, 0.05) is 25.2 Å². The largest absolute Gasteiger partial charge is 0.243 e. The highest BCUT2D eigenvalue weighted by atomic mass is 32.2. The molecule has 2 nitrogen and oxygen atoms in total. The van der Waals surface area contributed by atoms with Gasteiger partial charge in [-0.2, -0.15) is 0 Å². The minimum absolute atomic E-state index is 1.00. The summed E-state index contributed by atoms with van der Waals surface area (Å²) in [6.07, 6.45) is 0. The Bertz CT molecular complexity index is 249. The summed E-state index contributed by atoms with van der Waals surface area (Å²) >= 11 is 1.76. The summed E-state index contributed by atoms with van der Waals surface area (Å²) in [4.78, 5) is 0. The van der Waals surface area contributed by atoms with Crippen LogP contribution in [0.4, 0.5) is 0 Å². The molecule has 0 aliphatic heterocycles. The van der Waals surface area contributed by atoms with Crippen LogP contribution < -0.4 is 0 Å². The van der Waals surface area contributed by atoms with E-state index in [4.69, 9.17) is 0 Å². The average molecular weight is 210 g/mol. The Kier molecular flexibility index (Phi) is 5.01. The normalized spacial score (nSPS) is 11.2. The average Bonchev–Trinajstić information content (AvgIpc) is 2.17. The van der Waals surface area contributed by atoms with Gasteiger partial charge >= 0.3 is 0 Å². The van der Waals surface area contributed by atoms with E-state index in [1.165, 1.54) is 5.56 Å². The Morgan fingerprint density at radius 2 is 1.79 bits per heavy atom. The van der Waals surface area contributed by atoms with Crippen molar-refractivity contribution in [1.29, 1.82) is 0 Å². The van der Waals surface area contributed by atoms with Crippen LogP contribution in [0.5, 0.6) is 0 Å². The van der Waals surface area contributed by atoms with Crippen LogP contribution in [0.25, 0.3) is 0 Å². The van der Waals surface area contributed by atoms with Crippen molar-refractivity contribution in [3.8, 4) is 0 Å². The van der Waals surface area contributed by atoms with Gasteiger partial charge in [0.2, 0.25) is 0 Å². The lowest BCUT2D eigenvalue weighted by atomic mass is 10.2. The minimum atomic E-state index is 1.00. The molecule has 1 aromatic carbocycles. The third-order valence-corrected chi connectivity index (χ3v) is 2.78. The van der Waals surface area contributed by atoms with Crippen molar-refractivity contribution in [2.75, 3.05) is 20.6 Å². The maximum atomic E-state index is 2.33. The molecule has 1 rings (SSSR count). The fraction of sp³-hybridized carbons (Fsp3) is 0.455. The molecule has 0 aromatic heterocycles. The first-order valence-electron chi connectivity index (χ1n) is 4.86. The maximum Gasteiger partial charge on any atom is 0.0352 e. The number of rotatable bonds is 5. The first-order chi connectivity index (χ1) is 6.72. The van der Waals surface area contributed by atoms with E-state index in [1.54, 1.807) is 12.1 Å². The van der Waals surface area contributed by atoms with Crippen LogP contribution >= 0.6 is 12.1 Å². The first-order valence-corrected chi connectivity index (χ1v) is 5.59. The van der Waals surface area contributed by atoms with Crippen molar-refractivity contribution in [3.05, 3.63) is 35.9 Å². The molecular formula is C11H18N2S. The van der Waals surface area contributed by atoms with Gasteiger partial charge in [0.1, 0.15) is 0 Å². The van der Waals surface area contributed by atoms with E-state index >= 15 is 0 Å². The topological polar surface area (TPSA) is 6.48 Å². The van der Waals surface area contributed by atoms with Crippen molar-refractivity contribution in [2.24, 2.45) is 0 Å². The van der Waals surface area contributed by atoms with Gasteiger partial charge in [-0.3, -0.25) is 0 Å². The van der Waals surface area contributed by atoms with E-state index < -0.39 is 0 Å². The zero-order valence-electron chi connectivity index (χ0n) is 9.10. The number of nitrogens with zero attached hydrogens (tertiary/aromatic N) is 2. The highest BCUT2D eigenvalue weighted by Crippen LogP contribution is 2.15. The molecule has 0 aliphatic carbocycles. The molecule has 0 saturated carbocycles. The summed E-state index contributed by atoms with van der Waals surface area (Å²) in [5, 5.41) is 0. The van der Waals surface area contributed by atoms with E-state index in [-0.39, 0.29) is 0 Å². The highest BCUT2D eigenvalue weighted by Gasteiger charge is 2.04. The molecule has 1 aromatic rings. The molecular weight excluding hydrogens is 192 g/mol. The van der Waals surface area contributed by atoms with Gasteiger partial charge in [0.05, 0.1) is 0 Å². The molecule has 0 N–H and O–H groups in total. The van der Waals surface area contributed by atoms with Crippen LogP contribution in [-0.4, -0.2) is 29.3 Å². The summed E-state index contributed by atoms with van der Waals surface area (Å²) < 4.78 is 4.45. The molecule has 0 saturated heterocycles. The highest BCUT2D eigenvalue weighted by molar-refractivity contribution is 7.94. The molecule has 0 amide bonds. The first kappa shape index (κ1) is 11.6. The third-order valence-electron chi connectivity index (χ3n) is 1.83. The Morgan fingerprint density at radius 1 is 1.14 bits per heavy atom. The molecule has 0 bridgehead atoms. The maximum absolute atomic E-state index is 2.33. The Hall–Kier alpha value is -0.510. The van der Waals surface area contributed by atoms with E-state index in [2.05, 4.69) is 60.0 Å². The summed E-state index contributed by atoms with van der Waals surface area (Å²) in [5.74, 6) is 0. The lowest BCUT2D eigenvalue weighted by Gasteiger charge is -2.22. The SMILES string of the molecule is CCN(Cc1ccccc1)SN(C)C. The molecule has 3 heteroatoms. The fourth-order valence-electron chi connectivity index (χ4n) is 1.22. The van der Waals surface area contributed by atoms with Gasteiger partial charge < -0.3 is 0 Å². The zero-order chi connectivity index (χ0) is 10.4. The Balaban J connectivity index is 2.48. The van der Waals surface area contributed by atoms with Gasteiger partial charge in [-0.25, -0.2) is 8.61 Å². The molecule has 0 aliphatic rings. The van der Waals surface area contributed by atoms with Crippen LogP contribution in [0.3, 0.4) is 0 Å². The second-order valence-corrected chi connectivity index (χ2v) is 4.75. The Morgan fingerprint density at radius 3 is 2.29 bits per heavy atom. The number of benzene rings is 1. The molecule has 0 atom stereocenters. The van der Waals surface area contributed by atoms with Gasteiger partial charge in [-0.1, -0.05) is 37.3 Å². The lowest BCUT2D eigenvalue weighted by Crippen LogP contribution is -2.19. The molecule has 14 heavy (non-hydrogen) atoms. The lowest BCUT2D eigenvalue weighted by molar-refractivity contribution is 0.470. The molecule has 0 fully saturated rings. The molecule has 0 heterocycles. The monoisotopic (exact) mass is 210 g/mol. The second-order valence-electron chi connectivity index (χ2n) is 3.34. The van der Waals surface area contributed by atoms with Crippen molar-refractivity contribution in [1.82, 2.24) is 8.61 Å². The summed E-state index contributed by atoms with van der Waals surface area (Å²) in [6, 6.07) is 10.6. The minimum Gasteiger partial charge on any atom is -0.243 e. The predicted octanol–water partition coefficient (Wildman–Crippen LogP) is 2.63. The molecule has 0 radical (unpaired) electrons. The van der Waals surface area contributed by atoms with E-state index in [1.807, 2.05) is 0 Å². The van der Waals surface area contributed by atoms with Crippen LogP contribution in [0.1, 0.15) is 12.5 Å². The fourth-order valence-corrected chi connectivity index (χ4v) is 2.00. The predicted molar refractivity (Wildman–Crippen MR) is 63.8 cm³/mol. The standard InChI is InChI=1S/C11H18N2S/c1-4-13(14-12(2)3)10-11-8-6-5-7-9-11/h5-9H,4,10H2,1-3H3. The molecule has 78 valence electrons.